The summed E-state index contributed by atoms with van der Waals surface area (Å²) in [6.07, 6.45) is 6.80. The van der Waals surface area contributed by atoms with Gasteiger partial charge in [0.25, 0.3) is 0 Å². The first-order valence-corrected chi connectivity index (χ1v) is 10.9. The lowest BCUT2D eigenvalue weighted by Gasteiger charge is -2.30. The number of nitrogens with one attached hydrogen (secondary N) is 1. The van der Waals surface area contributed by atoms with Crippen LogP contribution in [0.3, 0.4) is 0 Å². The number of hydrogen-bond acceptors (Lipinski definition) is 5. The summed E-state index contributed by atoms with van der Waals surface area (Å²) >= 11 is 0. The van der Waals surface area contributed by atoms with Crippen LogP contribution < -0.4 is 10.2 Å². The van der Waals surface area contributed by atoms with Crippen molar-refractivity contribution >= 4 is 11.6 Å². The smallest absolute Gasteiger partial charge is 0.224 e. The summed E-state index contributed by atoms with van der Waals surface area (Å²) < 4.78 is 0. The number of piperidine rings is 1. The van der Waals surface area contributed by atoms with Gasteiger partial charge in [-0.1, -0.05) is 18.2 Å². The first-order valence-electron chi connectivity index (χ1n) is 10.9. The van der Waals surface area contributed by atoms with E-state index in [2.05, 4.69) is 39.5 Å². The fourth-order valence-corrected chi connectivity index (χ4v) is 4.84. The van der Waals surface area contributed by atoms with E-state index in [1.54, 1.807) is 0 Å². The van der Waals surface area contributed by atoms with Gasteiger partial charge in [-0.05, 0) is 37.4 Å². The normalized spacial score (nSPS) is 21.0. The number of para-hydroxylation sites is 1. The van der Waals surface area contributed by atoms with Crippen LogP contribution >= 0.6 is 0 Å². The molecule has 1 amide bonds. The molecule has 152 valence electrons. The molecule has 0 radical (unpaired) electrons. The van der Waals surface area contributed by atoms with E-state index in [1.165, 1.54) is 17.7 Å². The van der Waals surface area contributed by atoms with Crippen LogP contribution in [0.25, 0.3) is 0 Å². The van der Waals surface area contributed by atoms with Crippen molar-refractivity contribution in [2.45, 2.75) is 44.6 Å². The van der Waals surface area contributed by atoms with Crippen molar-refractivity contribution in [1.82, 2.24) is 20.2 Å². The van der Waals surface area contributed by atoms with Gasteiger partial charge in [0.15, 0.2) is 0 Å². The molecule has 2 aromatic rings. The van der Waals surface area contributed by atoms with Crippen LogP contribution in [-0.2, 0) is 24.2 Å². The molecule has 6 nitrogen and oxygen atoms in total. The summed E-state index contributed by atoms with van der Waals surface area (Å²) in [7, 11) is 0. The van der Waals surface area contributed by atoms with Gasteiger partial charge in [-0.15, -0.1) is 0 Å². The molecule has 3 aliphatic rings. The summed E-state index contributed by atoms with van der Waals surface area (Å²) in [6, 6.07) is 8.53. The van der Waals surface area contributed by atoms with Crippen molar-refractivity contribution < 1.29 is 4.79 Å². The molecule has 0 spiro atoms. The Morgan fingerprint density at radius 3 is 3.00 bits per heavy atom. The second-order valence-electron chi connectivity index (χ2n) is 8.42. The maximum atomic E-state index is 12.8. The van der Waals surface area contributed by atoms with Gasteiger partial charge in [-0.3, -0.25) is 4.79 Å². The number of aromatic nitrogens is 2. The molecule has 5 rings (SSSR count). The van der Waals surface area contributed by atoms with E-state index in [4.69, 9.17) is 4.98 Å². The van der Waals surface area contributed by atoms with Crippen LogP contribution in [0.15, 0.2) is 30.5 Å². The van der Waals surface area contributed by atoms with Crippen LogP contribution in [0, 0.1) is 0 Å². The van der Waals surface area contributed by atoms with E-state index in [9.17, 15) is 4.79 Å². The Kier molecular flexibility index (Phi) is 5.19. The maximum absolute atomic E-state index is 12.8. The fourth-order valence-electron chi connectivity index (χ4n) is 4.84. The third-order valence-electron chi connectivity index (χ3n) is 6.55. The minimum absolute atomic E-state index is 0.237. The maximum Gasteiger partial charge on any atom is 0.224 e. The van der Waals surface area contributed by atoms with Gasteiger partial charge < -0.3 is 15.1 Å². The Balaban J connectivity index is 1.19. The lowest BCUT2D eigenvalue weighted by Crippen LogP contribution is -2.38. The fraction of sp³-hybridized carbons (Fsp3) is 0.522. The minimum Gasteiger partial charge on any atom is -0.370 e. The van der Waals surface area contributed by atoms with Crippen molar-refractivity contribution in [2.75, 3.05) is 37.6 Å². The van der Waals surface area contributed by atoms with Gasteiger partial charge in [0.2, 0.25) is 5.91 Å². The number of benzene rings is 1. The zero-order valence-corrected chi connectivity index (χ0v) is 16.9. The molecular weight excluding hydrogens is 362 g/mol. The first kappa shape index (κ1) is 18.6. The molecule has 1 atom stereocenters. The Labute approximate surface area is 172 Å². The van der Waals surface area contributed by atoms with Crippen LogP contribution in [-0.4, -0.2) is 53.5 Å². The molecule has 1 aromatic heterocycles. The summed E-state index contributed by atoms with van der Waals surface area (Å²) in [5, 5.41) is 3.44. The zero-order chi connectivity index (χ0) is 19.6. The summed E-state index contributed by atoms with van der Waals surface area (Å²) in [5.74, 6) is 1.64. The molecule has 0 bridgehead atoms. The van der Waals surface area contributed by atoms with Crippen LogP contribution in [0.2, 0.25) is 0 Å². The molecule has 0 saturated carbocycles. The summed E-state index contributed by atoms with van der Waals surface area (Å²) in [5.41, 5.74) is 4.94. The van der Waals surface area contributed by atoms with Gasteiger partial charge in [0.1, 0.15) is 5.82 Å². The quantitative estimate of drug-likeness (QED) is 0.866. The zero-order valence-electron chi connectivity index (χ0n) is 16.9. The number of hydrogen-bond donors (Lipinski definition) is 1. The van der Waals surface area contributed by atoms with E-state index >= 15 is 0 Å². The van der Waals surface area contributed by atoms with Gasteiger partial charge >= 0.3 is 0 Å². The summed E-state index contributed by atoms with van der Waals surface area (Å²) in [4.78, 5) is 26.7. The van der Waals surface area contributed by atoms with Crippen molar-refractivity contribution in [3.63, 3.8) is 0 Å². The average Bonchev–Trinajstić information content (AvgIpc) is 3.20. The highest BCUT2D eigenvalue weighted by molar-refractivity contribution is 5.77. The second kappa shape index (κ2) is 8.11. The lowest BCUT2D eigenvalue weighted by molar-refractivity contribution is -0.131. The first-order chi connectivity index (χ1) is 14.3. The van der Waals surface area contributed by atoms with Crippen LogP contribution in [0.4, 0.5) is 5.69 Å². The molecule has 1 aromatic carbocycles. The molecule has 4 heterocycles. The monoisotopic (exact) mass is 391 g/mol. The Bertz CT molecular complexity index is 893. The van der Waals surface area contributed by atoms with Gasteiger partial charge in [0, 0.05) is 68.9 Å². The topological polar surface area (TPSA) is 61.4 Å². The van der Waals surface area contributed by atoms with E-state index < -0.39 is 0 Å². The predicted molar refractivity (Wildman–Crippen MR) is 113 cm³/mol. The van der Waals surface area contributed by atoms with Crippen LogP contribution in [0.5, 0.6) is 0 Å². The molecular formula is C23H29N5O. The molecule has 1 saturated heterocycles. The van der Waals surface area contributed by atoms with Crippen molar-refractivity contribution in [2.24, 2.45) is 0 Å². The molecule has 3 aliphatic heterocycles. The van der Waals surface area contributed by atoms with E-state index in [-0.39, 0.29) is 5.91 Å². The standard InChI is InChI=1S/C23H29N5O/c29-22(9-13-27-11-7-17-4-1-2-6-21(17)27)28-12-8-20-19(16-28)15-25-23(26-20)18-5-3-10-24-14-18/h1-2,4,6,15,18,24H,3,5,7-14,16H2/t18-/m1/s1. The average molecular weight is 392 g/mol. The number of amides is 1. The lowest BCUT2D eigenvalue weighted by atomic mass is 9.98. The highest BCUT2D eigenvalue weighted by Gasteiger charge is 2.26. The van der Waals surface area contributed by atoms with E-state index in [1.807, 2.05) is 11.1 Å². The van der Waals surface area contributed by atoms with E-state index in [0.29, 0.717) is 18.9 Å². The number of nitrogens with zero attached hydrogens (tertiary/aromatic N) is 4. The van der Waals surface area contributed by atoms with Crippen LogP contribution in [0.1, 0.15) is 47.8 Å². The highest BCUT2D eigenvalue weighted by atomic mass is 16.2. The molecule has 1 fully saturated rings. The molecule has 1 N–H and O–H groups in total. The number of rotatable bonds is 4. The third-order valence-corrected chi connectivity index (χ3v) is 6.55. The SMILES string of the molecule is O=C(CCN1CCc2ccccc21)N1CCc2nc([C@@H]3CCCNC3)ncc2C1. The van der Waals surface area contributed by atoms with Crippen molar-refractivity contribution in [1.29, 1.82) is 0 Å². The second-order valence-corrected chi connectivity index (χ2v) is 8.42. The molecule has 29 heavy (non-hydrogen) atoms. The van der Waals surface area contributed by atoms with Crippen molar-refractivity contribution in [3.8, 4) is 0 Å². The number of anilines is 1. The van der Waals surface area contributed by atoms with Crippen molar-refractivity contribution in [3.05, 3.63) is 53.1 Å². The Morgan fingerprint density at radius 2 is 2.10 bits per heavy atom. The number of carbonyl (C=O) groups is 1. The summed E-state index contributed by atoms with van der Waals surface area (Å²) in [6.45, 7) is 5.30. The number of carbonyl (C=O) groups excluding carboxylic acids is 1. The molecule has 6 heteroatoms. The highest BCUT2D eigenvalue weighted by Crippen LogP contribution is 2.28. The largest absolute Gasteiger partial charge is 0.370 e. The molecule has 0 aliphatic carbocycles. The van der Waals surface area contributed by atoms with Gasteiger partial charge in [-0.2, -0.15) is 0 Å². The predicted octanol–water partition coefficient (Wildman–Crippen LogP) is 2.28. The Morgan fingerprint density at radius 1 is 1.17 bits per heavy atom. The third kappa shape index (κ3) is 3.86. The minimum atomic E-state index is 0.237. The van der Waals surface area contributed by atoms with E-state index in [0.717, 1.165) is 69.1 Å². The van der Waals surface area contributed by atoms with Gasteiger partial charge in [-0.25, -0.2) is 9.97 Å². The van der Waals surface area contributed by atoms with Gasteiger partial charge in [0.05, 0.1) is 5.69 Å². The number of fused-ring (bicyclic) bond motifs is 2. The Hall–Kier alpha value is -2.47. The molecule has 0 unspecified atom stereocenters.